The lowest BCUT2D eigenvalue weighted by Gasteiger charge is -2.26. The van der Waals surface area contributed by atoms with Crippen molar-refractivity contribution >= 4 is 11.6 Å². The molecule has 31 heavy (non-hydrogen) atoms. The van der Waals surface area contributed by atoms with Crippen LogP contribution in [0.25, 0.3) is 0 Å². The third-order valence-corrected chi connectivity index (χ3v) is 4.61. The number of ether oxygens (including phenoxy) is 3. The summed E-state index contributed by atoms with van der Waals surface area (Å²) in [7, 11) is 3.03. The van der Waals surface area contributed by atoms with Crippen molar-refractivity contribution in [1.82, 2.24) is 0 Å². The fourth-order valence-corrected chi connectivity index (χ4v) is 3.10. The largest absolute Gasteiger partial charge is 0.497 e. The summed E-state index contributed by atoms with van der Waals surface area (Å²) in [5.74, 6) is 0.797. The van der Waals surface area contributed by atoms with Crippen LogP contribution in [0.2, 0.25) is 0 Å². The van der Waals surface area contributed by atoms with Gasteiger partial charge in [0, 0.05) is 11.6 Å². The second-order valence-corrected chi connectivity index (χ2v) is 6.62. The molecule has 0 spiro atoms. The molecule has 0 aromatic heterocycles. The number of methoxy groups -OCH3 is 2. The Bertz CT molecular complexity index is 1030. The predicted molar refractivity (Wildman–Crippen MR) is 114 cm³/mol. The molecule has 0 aliphatic carbocycles. The van der Waals surface area contributed by atoms with Crippen molar-refractivity contribution in [3.63, 3.8) is 0 Å². The molecule has 5 nitrogen and oxygen atoms in total. The molecule has 0 unspecified atom stereocenters. The maximum atomic E-state index is 14.2. The van der Waals surface area contributed by atoms with Gasteiger partial charge in [-0.25, -0.2) is 4.39 Å². The number of benzene rings is 3. The fraction of sp³-hybridized carbons (Fsp3) is 0.208. The van der Waals surface area contributed by atoms with Gasteiger partial charge in [-0.15, -0.1) is 0 Å². The zero-order chi connectivity index (χ0) is 22.2. The lowest BCUT2D eigenvalue weighted by molar-refractivity contribution is -0.119. The van der Waals surface area contributed by atoms with E-state index in [0.29, 0.717) is 22.8 Å². The van der Waals surface area contributed by atoms with Crippen LogP contribution in [0.3, 0.4) is 0 Å². The molecule has 0 aliphatic heterocycles. The third-order valence-electron chi connectivity index (χ3n) is 4.61. The topological polar surface area (TPSA) is 48.0 Å². The number of hydrogen-bond acceptors (Lipinski definition) is 4. The minimum absolute atomic E-state index is 0.00775. The average molecular weight is 426 g/mol. The smallest absolute Gasteiger partial charge is 0.230 e. The number of amides is 1. The number of alkyl halides is 1. The van der Waals surface area contributed by atoms with Crippen molar-refractivity contribution in [2.75, 3.05) is 25.8 Å². The fourth-order valence-electron chi connectivity index (χ4n) is 3.10. The van der Waals surface area contributed by atoms with Crippen molar-refractivity contribution in [1.29, 1.82) is 0 Å². The Morgan fingerprint density at radius 1 is 0.903 bits per heavy atom. The molecule has 1 amide bonds. The van der Waals surface area contributed by atoms with E-state index in [1.807, 2.05) is 6.07 Å². The van der Waals surface area contributed by atoms with E-state index in [0.717, 1.165) is 0 Å². The monoisotopic (exact) mass is 426 g/mol. The molecule has 3 aromatic carbocycles. The van der Waals surface area contributed by atoms with Crippen LogP contribution in [0.1, 0.15) is 12.0 Å². The number of para-hydroxylation sites is 1. The van der Waals surface area contributed by atoms with Crippen LogP contribution in [0.15, 0.2) is 66.7 Å². The number of anilines is 1. The Hall–Kier alpha value is -3.61. The second-order valence-electron chi connectivity index (χ2n) is 6.62. The van der Waals surface area contributed by atoms with E-state index < -0.39 is 18.4 Å². The minimum Gasteiger partial charge on any atom is -0.497 e. The zero-order valence-corrected chi connectivity index (χ0v) is 17.3. The first kappa shape index (κ1) is 22.1. The molecule has 0 radical (unpaired) electrons. The summed E-state index contributed by atoms with van der Waals surface area (Å²) < 4.78 is 43.8. The van der Waals surface area contributed by atoms with Crippen LogP contribution in [0, 0.1) is 5.82 Å². The Kier molecular flexibility index (Phi) is 7.43. The molecule has 0 saturated heterocycles. The van der Waals surface area contributed by atoms with Gasteiger partial charge in [0.15, 0.2) is 5.75 Å². The summed E-state index contributed by atoms with van der Waals surface area (Å²) >= 11 is 0. The third kappa shape index (κ3) is 5.51. The number of halogens is 2. The van der Waals surface area contributed by atoms with E-state index in [-0.39, 0.29) is 24.4 Å². The van der Waals surface area contributed by atoms with E-state index in [1.54, 1.807) is 42.5 Å². The first-order valence-electron chi connectivity index (χ1n) is 9.65. The van der Waals surface area contributed by atoms with Gasteiger partial charge in [-0.2, -0.15) is 0 Å². The summed E-state index contributed by atoms with van der Waals surface area (Å²) in [5, 5.41) is 0. The first-order chi connectivity index (χ1) is 15.0. The van der Waals surface area contributed by atoms with Crippen LogP contribution in [-0.2, 0) is 11.3 Å². The highest BCUT2D eigenvalue weighted by Crippen LogP contribution is 2.36. The molecule has 0 saturated carbocycles. The molecule has 7 heteroatoms. The number of nitrogens with zero attached hydrogens (tertiary/aromatic N) is 1. The molecular weight excluding hydrogens is 403 g/mol. The van der Waals surface area contributed by atoms with Gasteiger partial charge in [-0.05, 0) is 42.5 Å². The van der Waals surface area contributed by atoms with Gasteiger partial charge in [0.25, 0.3) is 0 Å². The predicted octanol–water partition coefficient (Wildman–Crippen LogP) is 5.53. The summed E-state index contributed by atoms with van der Waals surface area (Å²) in [5.41, 5.74) is 0.802. The van der Waals surface area contributed by atoms with Crippen molar-refractivity contribution in [3.8, 4) is 23.0 Å². The Balaban J connectivity index is 2.05. The van der Waals surface area contributed by atoms with Crippen LogP contribution >= 0.6 is 0 Å². The number of hydrogen-bond donors (Lipinski definition) is 0. The highest BCUT2D eigenvalue weighted by Gasteiger charge is 2.23. The van der Waals surface area contributed by atoms with E-state index in [4.69, 9.17) is 14.2 Å². The molecule has 3 rings (SSSR count). The summed E-state index contributed by atoms with van der Waals surface area (Å²) in [4.78, 5) is 14.1. The summed E-state index contributed by atoms with van der Waals surface area (Å²) in [6.07, 6.45) is -0.354. The van der Waals surface area contributed by atoms with E-state index >= 15 is 0 Å². The van der Waals surface area contributed by atoms with Gasteiger partial charge in [0.2, 0.25) is 5.91 Å². The van der Waals surface area contributed by atoms with E-state index in [9.17, 15) is 13.6 Å². The summed E-state index contributed by atoms with van der Waals surface area (Å²) in [6.45, 7) is -0.831. The number of rotatable bonds is 9. The van der Waals surface area contributed by atoms with Gasteiger partial charge in [0.05, 0.1) is 39.5 Å². The Morgan fingerprint density at radius 2 is 1.65 bits per heavy atom. The average Bonchev–Trinajstić information content (AvgIpc) is 2.79. The maximum absolute atomic E-state index is 14.2. The molecular formula is C24H23F2NO4. The van der Waals surface area contributed by atoms with Gasteiger partial charge in [-0.1, -0.05) is 18.2 Å². The standard InChI is InChI=1S/C24H23F2NO4/c1-29-20-9-11-22(30-2)17(14-20)16-27(24(28)12-13-25)21-15-18(26)8-10-23(21)31-19-6-4-3-5-7-19/h3-11,14-15H,12-13,16H2,1-2H3/i25-1. The SMILES string of the molecule is COc1ccc(OC)c(CN(C(=O)CC[18F])c2cc(F)ccc2Oc2ccccc2)c1. The molecule has 0 atom stereocenters. The first-order valence-corrected chi connectivity index (χ1v) is 9.65. The van der Waals surface area contributed by atoms with Crippen LogP contribution in [-0.4, -0.2) is 26.8 Å². The van der Waals surface area contributed by atoms with Gasteiger partial charge in [0.1, 0.15) is 23.1 Å². The number of carbonyl (C=O) groups excluding carboxylic acids is 1. The van der Waals surface area contributed by atoms with Gasteiger partial charge >= 0.3 is 0 Å². The lowest BCUT2D eigenvalue weighted by atomic mass is 10.1. The molecule has 0 heterocycles. The zero-order valence-electron chi connectivity index (χ0n) is 17.3. The minimum atomic E-state index is -0.839. The van der Waals surface area contributed by atoms with E-state index in [1.165, 1.54) is 37.3 Å². The van der Waals surface area contributed by atoms with Crippen LogP contribution in [0.5, 0.6) is 23.0 Å². The molecule has 3 aromatic rings. The van der Waals surface area contributed by atoms with Crippen molar-refractivity contribution < 1.29 is 27.8 Å². The van der Waals surface area contributed by atoms with Crippen molar-refractivity contribution in [2.24, 2.45) is 0 Å². The summed E-state index contributed by atoms with van der Waals surface area (Å²) in [6, 6.07) is 17.9. The van der Waals surface area contributed by atoms with Crippen LogP contribution in [0.4, 0.5) is 14.5 Å². The molecule has 162 valence electrons. The van der Waals surface area contributed by atoms with Crippen molar-refractivity contribution in [2.45, 2.75) is 13.0 Å². The number of carbonyl (C=O) groups is 1. The highest BCUT2D eigenvalue weighted by atomic mass is 19.1. The van der Waals surface area contributed by atoms with Crippen molar-refractivity contribution in [3.05, 3.63) is 78.1 Å². The lowest BCUT2D eigenvalue weighted by Crippen LogP contribution is -2.31. The van der Waals surface area contributed by atoms with Gasteiger partial charge < -0.3 is 19.1 Å². The molecule has 0 N–H and O–H groups in total. The highest BCUT2D eigenvalue weighted by molar-refractivity contribution is 5.95. The Morgan fingerprint density at radius 3 is 2.32 bits per heavy atom. The van der Waals surface area contributed by atoms with E-state index in [2.05, 4.69) is 0 Å². The molecule has 0 bridgehead atoms. The molecule has 0 fully saturated rings. The van der Waals surface area contributed by atoms with Gasteiger partial charge in [-0.3, -0.25) is 9.18 Å². The van der Waals surface area contributed by atoms with Crippen LogP contribution < -0.4 is 19.1 Å². The second kappa shape index (κ2) is 10.4. The maximum Gasteiger partial charge on any atom is 0.230 e. The molecule has 0 aliphatic rings. The normalized spacial score (nSPS) is 10.5. The quantitative estimate of drug-likeness (QED) is 0.452. The Labute approximate surface area is 179 Å².